The standard InChI is InChI=1S/C26H15N3O3S/c27-15-20(14-21-11-12-25(32-21)22-7-3-4-8-24(22)29(30)31)26-28-23(16-33-26)19-10-9-17-5-1-2-6-18(17)13-19/h1-14,16H/b20-14+. The maximum Gasteiger partial charge on any atom is 0.280 e. The van der Waals surface area contributed by atoms with E-state index in [1.807, 2.05) is 23.6 Å². The van der Waals surface area contributed by atoms with E-state index in [0.717, 1.165) is 22.0 Å². The number of nitro groups is 1. The average Bonchev–Trinajstić information content (AvgIpc) is 3.52. The molecule has 0 saturated heterocycles. The molecule has 0 unspecified atom stereocenters. The summed E-state index contributed by atoms with van der Waals surface area (Å²) >= 11 is 1.38. The number of hydrogen-bond acceptors (Lipinski definition) is 6. The van der Waals surface area contributed by atoms with E-state index in [0.29, 0.717) is 27.7 Å². The lowest BCUT2D eigenvalue weighted by atomic mass is 10.1. The molecule has 2 aromatic heterocycles. The summed E-state index contributed by atoms with van der Waals surface area (Å²) in [6.07, 6.45) is 1.60. The van der Waals surface area contributed by atoms with Gasteiger partial charge in [-0.2, -0.15) is 5.26 Å². The van der Waals surface area contributed by atoms with Gasteiger partial charge in [0.05, 0.1) is 21.8 Å². The van der Waals surface area contributed by atoms with Crippen LogP contribution in [0, 0.1) is 21.4 Å². The summed E-state index contributed by atoms with van der Waals surface area (Å²) < 4.78 is 5.80. The van der Waals surface area contributed by atoms with E-state index in [9.17, 15) is 15.4 Å². The number of fused-ring (bicyclic) bond motifs is 1. The molecule has 3 aromatic carbocycles. The number of aromatic nitrogens is 1. The van der Waals surface area contributed by atoms with E-state index in [-0.39, 0.29) is 5.69 Å². The molecule has 158 valence electrons. The summed E-state index contributed by atoms with van der Waals surface area (Å²) in [6, 6.07) is 26.2. The van der Waals surface area contributed by atoms with Crippen molar-refractivity contribution < 1.29 is 9.34 Å². The molecule has 0 aliphatic heterocycles. The number of nitrogens with zero attached hydrogens (tertiary/aromatic N) is 3. The van der Waals surface area contributed by atoms with Crippen LogP contribution in [-0.2, 0) is 0 Å². The van der Waals surface area contributed by atoms with Crippen LogP contribution in [0.1, 0.15) is 10.8 Å². The minimum atomic E-state index is -0.446. The van der Waals surface area contributed by atoms with Gasteiger partial charge in [-0.25, -0.2) is 4.98 Å². The number of hydrogen-bond donors (Lipinski definition) is 0. The van der Waals surface area contributed by atoms with Crippen molar-refractivity contribution in [2.45, 2.75) is 0 Å². The summed E-state index contributed by atoms with van der Waals surface area (Å²) in [6.45, 7) is 0. The third kappa shape index (κ3) is 4.03. The fourth-order valence-electron chi connectivity index (χ4n) is 3.58. The van der Waals surface area contributed by atoms with Crippen LogP contribution >= 0.6 is 11.3 Å². The number of furan rings is 1. The molecule has 0 N–H and O–H groups in total. The molecule has 0 fully saturated rings. The van der Waals surface area contributed by atoms with Crippen LogP contribution in [0.25, 0.3) is 45.0 Å². The lowest BCUT2D eigenvalue weighted by molar-refractivity contribution is -0.384. The molecule has 33 heavy (non-hydrogen) atoms. The highest BCUT2D eigenvalue weighted by Gasteiger charge is 2.17. The molecule has 0 aliphatic carbocycles. The Labute approximate surface area is 192 Å². The van der Waals surface area contributed by atoms with Crippen LogP contribution in [0.5, 0.6) is 0 Å². The number of benzene rings is 3. The number of nitriles is 1. The Morgan fingerprint density at radius 1 is 1.03 bits per heavy atom. The first-order valence-corrected chi connectivity index (χ1v) is 10.9. The minimum Gasteiger partial charge on any atom is -0.456 e. The molecule has 2 heterocycles. The number of thiazole rings is 1. The SMILES string of the molecule is N#C/C(=C\c1ccc(-c2ccccc2[N+](=O)[O-])o1)c1nc(-c2ccc3ccccc3c2)cs1. The van der Waals surface area contributed by atoms with E-state index in [1.54, 1.807) is 36.4 Å². The Bertz CT molecular complexity index is 1570. The van der Waals surface area contributed by atoms with Gasteiger partial charge in [-0.05, 0) is 35.0 Å². The van der Waals surface area contributed by atoms with Crippen LogP contribution in [0.4, 0.5) is 5.69 Å². The maximum atomic E-state index is 11.3. The zero-order valence-electron chi connectivity index (χ0n) is 17.1. The molecule has 0 atom stereocenters. The second kappa shape index (κ2) is 8.54. The number of rotatable bonds is 5. The Morgan fingerprint density at radius 3 is 2.64 bits per heavy atom. The minimum absolute atomic E-state index is 0.0390. The smallest absolute Gasteiger partial charge is 0.280 e. The van der Waals surface area contributed by atoms with E-state index in [4.69, 9.17) is 4.42 Å². The van der Waals surface area contributed by atoms with Gasteiger partial charge in [0.15, 0.2) is 0 Å². The van der Waals surface area contributed by atoms with Crippen LogP contribution < -0.4 is 0 Å². The lowest BCUT2D eigenvalue weighted by Crippen LogP contribution is -1.90. The van der Waals surface area contributed by atoms with Crippen molar-refractivity contribution in [2.75, 3.05) is 0 Å². The van der Waals surface area contributed by atoms with Crippen molar-refractivity contribution in [3.8, 4) is 28.7 Å². The van der Waals surface area contributed by atoms with Gasteiger partial charge >= 0.3 is 0 Å². The fraction of sp³-hybridized carbons (Fsp3) is 0. The quantitative estimate of drug-likeness (QED) is 0.161. The van der Waals surface area contributed by atoms with Gasteiger partial charge in [0.25, 0.3) is 5.69 Å². The van der Waals surface area contributed by atoms with Gasteiger partial charge in [-0.3, -0.25) is 10.1 Å². The van der Waals surface area contributed by atoms with Crippen molar-refractivity contribution >= 4 is 39.4 Å². The van der Waals surface area contributed by atoms with Crippen molar-refractivity contribution in [1.29, 1.82) is 5.26 Å². The third-order valence-corrected chi connectivity index (χ3v) is 6.06. The van der Waals surface area contributed by atoms with Gasteiger partial charge in [0.2, 0.25) is 0 Å². The topological polar surface area (TPSA) is 93.0 Å². The summed E-state index contributed by atoms with van der Waals surface area (Å²) in [5.41, 5.74) is 2.47. The number of para-hydroxylation sites is 1. The Hall–Kier alpha value is -4.54. The highest BCUT2D eigenvalue weighted by atomic mass is 32.1. The van der Waals surface area contributed by atoms with E-state index in [1.165, 1.54) is 17.4 Å². The van der Waals surface area contributed by atoms with Crippen LogP contribution in [0.15, 0.2) is 88.7 Å². The molecule has 5 rings (SSSR count). The molecule has 0 spiro atoms. The van der Waals surface area contributed by atoms with Crippen molar-refractivity contribution in [1.82, 2.24) is 4.98 Å². The van der Waals surface area contributed by atoms with Gasteiger partial charge in [0.1, 0.15) is 22.6 Å². The van der Waals surface area contributed by atoms with Gasteiger partial charge in [-0.1, -0.05) is 48.5 Å². The Morgan fingerprint density at radius 2 is 1.82 bits per heavy atom. The molecular formula is C26H15N3O3S. The first-order valence-electron chi connectivity index (χ1n) is 10.0. The highest BCUT2D eigenvalue weighted by Crippen LogP contribution is 2.33. The molecular weight excluding hydrogens is 434 g/mol. The molecule has 7 heteroatoms. The maximum absolute atomic E-state index is 11.3. The van der Waals surface area contributed by atoms with Crippen molar-refractivity contribution in [3.05, 3.63) is 105 Å². The van der Waals surface area contributed by atoms with E-state index >= 15 is 0 Å². The molecule has 0 amide bonds. The second-order valence-electron chi connectivity index (χ2n) is 7.25. The summed E-state index contributed by atoms with van der Waals surface area (Å²) in [5.74, 6) is 0.781. The van der Waals surface area contributed by atoms with Crippen LogP contribution in [-0.4, -0.2) is 9.91 Å². The summed E-state index contributed by atoms with van der Waals surface area (Å²) in [7, 11) is 0. The molecule has 0 bridgehead atoms. The monoisotopic (exact) mass is 449 g/mol. The molecule has 0 radical (unpaired) electrons. The zero-order chi connectivity index (χ0) is 22.8. The van der Waals surface area contributed by atoms with Crippen molar-refractivity contribution in [3.63, 3.8) is 0 Å². The number of nitro benzene ring substituents is 1. The van der Waals surface area contributed by atoms with Gasteiger partial charge in [0, 0.05) is 23.1 Å². The van der Waals surface area contributed by atoms with E-state index < -0.39 is 4.92 Å². The van der Waals surface area contributed by atoms with Gasteiger partial charge < -0.3 is 4.42 Å². The molecule has 0 aliphatic rings. The first-order chi connectivity index (χ1) is 16.1. The second-order valence-corrected chi connectivity index (χ2v) is 8.10. The largest absolute Gasteiger partial charge is 0.456 e. The van der Waals surface area contributed by atoms with Crippen LogP contribution in [0.3, 0.4) is 0 Å². The normalized spacial score (nSPS) is 11.4. The third-order valence-electron chi connectivity index (χ3n) is 5.18. The predicted octanol–water partition coefficient (Wildman–Crippen LogP) is 7.20. The van der Waals surface area contributed by atoms with E-state index in [2.05, 4.69) is 35.3 Å². The number of allylic oxidation sites excluding steroid dienone is 1. The van der Waals surface area contributed by atoms with Gasteiger partial charge in [-0.15, -0.1) is 11.3 Å². The fourth-order valence-corrected chi connectivity index (χ4v) is 4.37. The predicted molar refractivity (Wildman–Crippen MR) is 129 cm³/mol. The molecule has 0 saturated carbocycles. The summed E-state index contributed by atoms with van der Waals surface area (Å²) in [4.78, 5) is 15.5. The Kier molecular flexibility index (Phi) is 5.27. The average molecular weight is 449 g/mol. The van der Waals surface area contributed by atoms with Crippen LogP contribution in [0.2, 0.25) is 0 Å². The first kappa shape index (κ1) is 20.4. The summed E-state index contributed by atoms with van der Waals surface area (Å²) in [5, 5.41) is 25.8. The zero-order valence-corrected chi connectivity index (χ0v) is 18.0. The molecule has 5 aromatic rings. The van der Waals surface area contributed by atoms with Crippen molar-refractivity contribution in [2.24, 2.45) is 0 Å². The highest BCUT2D eigenvalue weighted by molar-refractivity contribution is 7.11. The molecule has 6 nitrogen and oxygen atoms in total. The lowest BCUT2D eigenvalue weighted by Gasteiger charge is -2.01. The Balaban J connectivity index is 1.46.